The number of esters is 3. The fourth-order valence-electron chi connectivity index (χ4n) is 9.10. The second-order valence-electron chi connectivity index (χ2n) is 20.8. The lowest BCUT2D eigenvalue weighted by atomic mass is 10.0. The molecule has 0 saturated heterocycles. The molecule has 0 aromatic rings. The fourth-order valence-corrected chi connectivity index (χ4v) is 9.10. The van der Waals surface area contributed by atoms with Crippen LogP contribution in [0.2, 0.25) is 0 Å². The molecule has 0 aromatic heterocycles. The van der Waals surface area contributed by atoms with Gasteiger partial charge in [-0.05, 0) is 25.2 Å². The van der Waals surface area contributed by atoms with Gasteiger partial charge < -0.3 is 14.2 Å². The van der Waals surface area contributed by atoms with Crippen molar-refractivity contribution in [3.63, 3.8) is 0 Å². The summed E-state index contributed by atoms with van der Waals surface area (Å²) in [7, 11) is 0. The highest BCUT2D eigenvalue weighted by Gasteiger charge is 2.19. The summed E-state index contributed by atoms with van der Waals surface area (Å²) < 4.78 is 16.9. The smallest absolute Gasteiger partial charge is 0.306 e. The fraction of sp³-hybridized carbons (Fsp3) is 0.949. The molecule has 0 aliphatic rings. The first-order valence-corrected chi connectivity index (χ1v) is 29.4. The average Bonchev–Trinajstić information content (AvgIpc) is 3.29. The zero-order valence-electron chi connectivity index (χ0n) is 44.5. The van der Waals surface area contributed by atoms with Gasteiger partial charge in [-0.1, -0.05) is 297 Å². The Hall–Kier alpha value is -1.59. The van der Waals surface area contributed by atoms with E-state index in [1.807, 2.05) is 0 Å². The topological polar surface area (TPSA) is 78.9 Å². The second kappa shape index (κ2) is 53.4. The number of carbonyl (C=O) groups is 3. The van der Waals surface area contributed by atoms with Gasteiger partial charge in [-0.3, -0.25) is 14.4 Å². The van der Waals surface area contributed by atoms with Crippen molar-refractivity contribution in [3.8, 4) is 0 Å². The van der Waals surface area contributed by atoms with Gasteiger partial charge in [-0.25, -0.2) is 0 Å². The van der Waals surface area contributed by atoms with Gasteiger partial charge >= 0.3 is 17.9 Å². The summed E-state index contributed by atoms with van der Waals surface area (Å²) in [5.41, 5.74) is 0. The Morgan fingerprint density at radius 1 is 0.292 bits per heavy atom. The molecule has 6 heteroatoms. The summed E-state index contributed by atoms with van der Waals surface area (Å²) in [6.45, 7) is 9.07. The third-order valence-electron chi connectivity index (χ3n) is 13.5. The molecule has 6 nitrogen and oxygen atoms in total. The first-order chi connectivity index (χ1) is 31.9. The Morgan fingerprint density at radius 2 is 0.508 bits per heavy atom. The molecule has 0 amide bonds. The molecule has 386 valence electrons. The van der Waals surface area contributed by atoms with Gasteiger partial charge in [0.1, 0.15) is 13.2 Å². The molecule has 0 aliphatic carbocycles. The van der Waals surface area contributed by atoms with E-state index < -0.39 is 6.10 Å². The molecule has 0 N–H and O–H groups in total. The van der Waals surface area contributed by atoms with E-state index in [0.717, 1.165) is 63.7 Å². The van der Waals surface area contributed by atoms with Crippen molar-refractivity contribution in [1.82, 2.24) is 0 Å². The van der Waals surface area contributed by atoms with Crippen LogP contribution in [0.3, 0.4) is 0 Å². The Balaban J connectivity index is 4.30. The van der Waals surface area contributed by atoms with Gasteiger partial charge in [0.2, 0.25) is 0 Å². The summed E-state index contributed by atoms with van der Waals surface area (Å²) >= 11 is 0. The van der Waals surface area contributed by atoms with Crippen molar-refractivity contribution in [1.29, 1.82) is 0 Å². The minimum absolute atomic E-state index is 0.0616. The van der Waals surface area contributed by atoms with Crippen LogP contribution >= 0.6 is 0 Å². The van der Waals surface area contributed by atoms with Crippen molar-refractivity contribution in [2.45, 2.75) is 342 Å². The Labute approximate surface area is 406 Å². The van der Waals surface area contributed by atoms with E-state index in [2.05, 4.69) is 27.7 Å². The third kappa shape index (κ3) is 53.2. The highest BCUT2D eigenvalue weighted by Crippen LogP contribution is 2.18. The van der Waals surface area contributed by atoms with E-state index in [0.29, 0.717) is 19.3 Å². The highest BCUT2D eigenvalue weighted by atomic mass is 16.6. The highest BCUT2D eigenvalue weighted by molar-refractivity contribution is 5.71. The summed E-state index contributed by atoms with van der Waals surface area (Å²) in [4.78, 5) is 38.2. The van der Waals surface area contributed by atoms with Crippen LogP contribution in [0.1, 0.15) is 336 Å². The lowest BCUT2D eigenvalue weighted by Gasteiger charge is -2.18. The van der Waals surface area contributed by atoms with Gasteiger partial charge in [-0.15, -0.1) is 0 Å². The molecule has 0 radical (unpaired) electrons. The van der Waals surface area contributed by atoms with Crippen LogP contribution < -0.4 is 0 Å². The normalized spacial score (nSPS) is 12.0. The first-order valence-electron chi connectivity index (χ1n) is 29.4. The van der Waals surface area contributed by atoms with Gasteiger partial charge in [0, 0.05) is 19.3 Å². The number of hydrogen-bond donors (Lipinski definition) is 0. The second-order valence-corrected chi connectivity index (χ2v) is 20.8. The quantitative estimate of drug-likeness (QED) is 0.0344. The van der Waals surface area contributed by atoms with Gasteiger partial charge in [0.05, 0.1) is 0 Å². The molecule has 0 heterocycles. The monoisotopic (exact) mass is 919 g/mol. The largest absolute Gasteiger partial charge is 0.462 e. The predicted octanol–water partition coefficient (Wildman–Crippen LogP) is 19.4. The van der Waals surface area contributed by atoms with Gasteiger partial charge in [0.25, 0.3) is 0 Å². The van der Waals surface area contributed by atoms with E-state index in [4.69, 9.17) is 14.2 Å². The average molecular weight is 920 g/mol. The van der Waals surface area contributed by atoms with Crippen molar-refractivity contribution in [2.75, 3.05) is 13.2 Å². The summed E-state index contributed by atoms with van der Waals surface area (Å²) in [5, 5.41) is 0. The van der Waals surface area contributed by atoms with Crippen molar-refractivity contribution in [2.24, 2.45) is 5.92 Å². The molecule has 0 spiro atoms. The molecule has 0 bridgehead atoms. The van der Waals surface area contributed by atoms with Crippen LogP contribution in [0.4, 0.5) is 0 Å². The van der Waals surface area contributed by atoms with Crippen molar-refractivity contribution in [3.05, 3.63) is 0 Å². The molecular formula is C59H114O6. The van der Waals surface area contributed by atoms with Gasteiger partial charge in [0.15, 0.2) is 6.10 Å². The Bertz CT molecular complexity index is 980. The molecule has 65 heavy (non-hydrogen) atoms. The lowest BCUT2D eigenvalue weighted by Crippen LogP contribution is -2.30. The van der Waals surface area contributed by atoms with Crippen LogP contribution in [-0.4, -0.2) is 37.2 Å². The molecule has 0 saturated carbocycles. The van der Waals surface area contributed by atoms with Crippen LogP contribution in [0.15, 0.2) is 0 Å². The molecule has 0 unspecified atom stereocenters. The molecule has 1 atom stereocenters. The van der Waals surface area contributed by atoms with Crippen LogP contribution in [0.25, 0.3) is 0 Å². The molecule has 0 fully saturated rings. The van der Waals surface area contributed by atoms with Gasteiger partial charge in [-0.2, -0.15) is 0 Å². The maximum absolute atomic E-state index is 12.8. The summed E-state index contributed by atoms with van der Waals surface area (Å²) in [6, 6.07) is 0. The predicted molar refractivity (Wildman–Crippen MR) is 280 cm³/mol. The number of rotatable bonds is 54. The zero-order chi connectivity index (χ0) is 47.4. The number of unbranched alkanes of at least 4 members (excludes halogenated alkanes) is 41. The van der Waals surface area contributed by atoms with E-state index in [-0.39, 0.29) is 31.1 Å². The Kier molecular flexibility index (Phi) is 52.1. The van der Waals surface area contributed by atoms with E-state index in [1.54, 1.807) is 0 Å². The van der Waals surface area contributed by atoms with Crippen LogP contribution in [0, 0.1) is 5.92 Å². The lowest BCUT2D eigenvalue weighted by molar-refractivity contribution is -0.167. The summed E-state index contributed by atoms with van der Waals surface area (Å²) in [6.07, 6.45) is 58.0. The van der Waals surface area contributed by atoms with Crippen molar-refractivity contribution >= 4 is 17.9 Å². The third-order valence-corrected chi connectivity index (χ3v) is 13.5. The molecular weight excluding hydrogens is 805 g/mol. The Morgan fingerprint density at radius 3 is 0.754 bits per heavy atom. The minimum atomic E-state index is -0.762. The maximum atomic E-state index is 12.8. The van der Waals surface area contributed by atoms with E-state index in [1.165, 1.54) is 231 Å². The first kappa shape index (κ1) is 63.4. The van der Waals surface area contributed by atoms with Crippen LogP contribution in [0.5, 0.6) is 0 Å². The van der Waals surface area contributed by atoms with E-state index >= 15 is 0 Å². The maximum Gasteiger partial charge on any atom is 0.306 e. The zero-order valence-corrected chi connectivity index (χ0v) is 44.5. The van der Waals surface area contributed by atoms with Crippen molar-refractivity contribution < 1.29 is 28.6 Å². The number of ether oxygens (including phenoxy) is 3. The molecule has 0 aromatic carbocycles. The summed E-state index contributed by atoms with van der Waals surface area (Å²) in [5.74, 6) is 0.00637. The minimum Gasteiger partial charge on any atom is -0.462 e. The molecule has 0 aliphatic heterocycles. The SMILES string of the molecule is CCCCCCCCCCCCCCCCCCC(=O)OC[C@H](COC(=O)CCCCCCCCCCCCCCCC(C)C)OC(=O)CCCCCCCCCCCCCCCCC. The van der Waals surface area contributed by atoms with Crippen LogP contribution in [-0.2, 0) is 28.6 Å². The number of carbonyl (C=O) groups excluding carboxylic acids is 3. The van der Waals surface area contributed by atoms with E-state index in [9.17, 15) is 14.4 Å². The number of hydrogen-bond acceptors (Lipinski definition) is 6. The standard InChI is InChI=1S/C59H114O6/c1-5-7-9-11-13-15-17-19-21-23-26-30-34-38-42-46-50-57(60)63-53-56(65-59(62)52-48-44-40-36-32-27-22-20-18-16-14-12-10-8-6-2)54-64-58(61)51-47-43-39-35-31-28-24-25-29-33-37-41-45-49-55(3)4/h55-56H,5-54H2,1-4H3/t56-/m1/s1. The molecule has 0 rings (SSSR count).